The van der Waals surface area contributed by atoms with Crippen molar-refractivity contribution in [2.24, 2.45) is 17.3 Å². The first-order valence-corrected chi connectivity index (χ1v) is 5.62. The molecule has 0 amide bonds. The first kappa shape index (κ1) is 10.1. The Morgan fingerprint density at radius 1 is 1.33 bits per heavy atom. The van der Waals surface area contributed by atoms with E-state index < -0.39 is 0 Å². The molecule has 1 aliphatic carbocycles. The highest BCUT2D eigenvalue weighted by Crippen LogP contribution is 2.49. The van der Waals surface area contributed by atoms with Gasteiger partial charge >= 0.3 is 0 Å². The average molecular weight is 168 g/mol. The monoisotopic (exact) mass is 168 g/mol. The second-order valence-corrected chi connectivity index (χ2v) is 5.00. The van der Waals surface area contributed by atoms with Gasteiger partial charge in [-0.2, -0.15) is 0 Å². The fourth-order valence-corrected chi connectivity index (χ4v) is 2.85. The van der Waals surface area contributed by atoms with Gasteiger partial charge in [-0.15, -0.1) is 0 Å². The van der Waals surface area contributed by atoms with Crippen LogP contribution in [-0.2, 0) is 0 Å². The van der Waals surface area contributed by atoms with Gasteiger partial charge in [0.05, 0.1) is 0 Å². The molecule has 0 aliphatic heterocycles. The minimum Gasteiger partial charge on any atom is -0.0654 e. The summed E-state index contributed by atoms with van der Waals surface area (Å²) < 4.78 is 0. The summed E-state index contributed by atoms with van der Waals surface area (Å²) >= 11 is 0. The molecule has 0 spiro atoms. The summed E-state index contributed by atoms with van der Waals surface area (Å²) in [6.07, 6.45) is 7.17. The number of hydrogen-bond acceptors (Lipinski definition) is 0. The van der Waals surface area contributed by atoms with Crippen LogP contribution in [-0.4, -0.2) is 0 Å². The Morgan fingerprint density at radius 2 is 2.00 bits per heavy atom. The third-order valence-electron chi connectivity index (χ3n) is 4.14. The maximum absolute atomic E-state index is 2.48. The summed E-state index contributed by atoms with van der Waals surface area (Å²) in [7, 11) is 0. The zero-order valence-corrected chi connectivity index (χ0v) is 9.19. The summed E-state index contributed by atoms with van der Waals surface area (Å²) in [5.74, 6) is 1.99. The van der Waals surface area contributed by atoms with Crippen molar-refractivity contribution in [3.05, 3.63) is 0 Å². The van der Waals surface area contributed by atoms with Crippen LogP contribution in [0.3, 0.4) is 0 Å². The van der Waals surface area contributed by atoms with Gasteiger partial charge < -0.3 is 0 Å². The van der Waals surface area contributed by atoms with Crippen LogP contribution in [0.15, 0.2) is 0 Å². The lowest BCUT2D eigenvalue weighted by Gasteiger charge is -2.27. The molecule has 72 valence electrons. The van der Waals surface area contributed by atoms with Gasteiger partial charge in [0, 0.05) is 0 Å². The fraction of sp³-hybridized carbons (Fsp3) is 1.00. The zero-order chi connectivity index (χ0) is 9.19. The minimum absolute atomic E-state index is 0.667. The molecule has 12 heavy (non-hydrogen) atoms. The van der Waals surface area contributed by atoms with Crippen molar-refractivity contribution in [2.45, 2.75) is 59.8 Å². The SMILES string of the molecule is CCCC1CC(C)C(C)(CC)C1. The Hall–Kier alpha value is 0. The van der Waals surface area contributed by atoms with Crippen LogP contribution in [0.25, 0.3) is 0 Å². The number of hydrogen-bond donors (Lipinski definition) is 0. The molecule has 0 nitrogen and oxygen atoms in total. The maximum Gasteiger partial charge on any atom is -0.0300 e. The van der Waals surface area contributed by atoms with Crippen LogP contribution >= 0.6 is 0 Å². The van der Waals surface area contributed by atoms with Gasteiger partial charge in [0.2, 0.25) is 0 Å². The molecule has 0 N–H and O–H groups in total. The van der Waals surface area contributed by atoms with Gasteiger partial charge in [-0.1, -0.05) is 47.0 Å². The highest BCUT2D eigenvalue weighted by molar-refractivity contribution is 4.89. The van der Waals surface area contributed by atoms with Gasteiger partial charge in [0.1, 0.15) is 0 Å². The predicted octanol–water partition coefficient (Wildman–Crippen LogP) is 4.25. The van der Waals surface area contributed by atoms with Crippen molar-refractivity contribution >= 4 is 0 Å². The summed E-state index contributed by atoms with van der Waals surface area (Å²) in [5.41, 5.74) is 0.667. The van der Waals surface area contributed by atoms with E-state index in [1.54, 1.807) is 0 Å². The van der Waals surface area contributed by atoms with Crippen molar-refractivity contribution in [3.8, 4) is 0 Å². The first-order chi connectivity index (χ1) is 5.62. The van der Waals surface area contributed by atoms with E-state index >= 15 is 0 Å². The molecule has 3 unspecified atom stereocenters. The standard InChI is InChI=1S/C12H24/c1-5-7-11-8-10(3)12(4,6-2)9-11/h10-11H,5-9H2,1-4H3. The summed E-state index contributed by atoms with van der Waals surface area (Å²) in [5, 5.41) is 0. The third kappa shape index (κ3) is 1.84. The summed E-state index contributed by atoms with van der Waals surface area (Å²) in [6, 6.07) is 0. The van der Waals surface area contributed by atoms with E-state index in [4.69, 9.17) is 0 Å². The quantitative estimate of drug-likeness (QED) is 0.591. The normalized spacial score (nSPS) is 42.0. The predicted molar refractivity (Wildman–Crippen MR) is 55.2 cm³/mol. The molecule has 0 heterocycles. The van der Waals surface area contributed by atoms with Gasteiger partial charge in [0.15, 0.2) is 0 Å². The van der Waals surface area contributed by atoms with Crippen molar-refractivity contribution < 1.29 is 0 Å². The van der Waals surface area contributed by atoms with Crippen molar-refractivity contribution in [1.29, 1.82) is 0 Å². The molecule has 1 rings (SSSR count). The van der Waals surface area contributed by atoms with Crippen LogP contribution in [0.4, 0.5) is 0 Å². The van der Waals surface area contributed by atoms with E-state index in [-0.39, 0.29) is 0 Å². The first-order valence-electron chi connectivity index (χ1n) is 5.62. The smallest absolute Gasteiger partial charge is 0.0300 e. The molecule has 0 radical (unpaired) electrons. The zero-order valence-electron chi connectivity index (χ0n) is 9.19. The lowest BCUT2D eigenvalue weighted by molar-refractivity contribution is 0.232. The van der Waals surface area contributed by atoms with Crippen molar-refractivity contribution in [1.82, 2.24) is 0 Å². The average Bonchev–Trinajstić information content (AvgIpc) is 2.30. The van der Waals surface area contributed by atoms with Crippen LogP contribution in [0, 0.1) is 17.3 Å². The molecule has 0 aromatic rings. The van der Waals surface area contributed by atoms with Gasteiger partial charge in [-0.05, 0) is 30.1 Å². The third-order valence-corrected chi connectivity index (χ3v) is 4.14. The van der Waals surface area contributed by atoms with E-state index in [0.29, 0.717) is 5.41 Å². The highest BCUT2D eigenvalue weighted by atomic mass is 14.4. The van der Waals surface area contributed by atoms with E-state index in [0.717, 1.165) is 11.8 Å². The van der Waals surface area contributed by atoms with E-state index in [1.807, 2.05) is 0 Å². The molecule has 0 aromatic carbocycles. The lowest BCUT2D eigenvalue weighted by Crippen LogP contribution is -2.17. The molecule has 1 fully saturated rings. The van der Waals surface area contributed by atoms with Crippen LogP contribution in [0.5, 0.6) is 0 Å². The molecular formula is C12H24. The molecule has 1 saturated carbocycles. The Morgan fingerprint density at radius 3 is 2.42 bits per heavy atom. The van der Waals surface area contributed by atoms with E-state index in [2.05, 4.69) is 27.7 Å². The minimum atomic E-state index is 0.667. The number of rotatable bonds is 3. The fourth-order valence-electron chi connectivity index (χ4n) is 2.85. The molecule has 0 heteroatoms. The van der Waals surface area contributed by atoms with E-state index in [1.165, 1.54) is 32.1 Å². The Kier molecular flexibility index (Phi) is 3.20. The summed E-state index contributed by atoms with van der Waals surface area (Å²) in [4.78, 5) is 0. The molecule has 0 aromatic heterocycles. The molecule has 3 atom stereocenters. The highest BCUT2D eigenvalue weighted by Gasteiger charge is 2.38. The van der Waals surface area contributed by atoms with Crippen LogP contribution in [0.1, 0.15) is 59.8 Å². The maximum atomic E-state index is 2.48. The summed E-state index contributed by atoms with van der Waals surface area (Å²) in [6.45, 7) is 9.59. The Balaban J connectivity index is 2.49. The molecular weight excluding hydrogens is 144 g/mol. The largest absolute Gasteiger partial charge is 0.0654 e. The second-order valence-electron chi connectivity index (χ2n) is 5.00. The van der Waals surface area contributed by atoms with Crippen molar-refractivity contribution in [3.63, 3.8) is 0 Å². The van der Waals surface area contributed by atoms with Gasteiger partial charge in [0.25, 0.3) is 0 Å². The second kappa shape index (κ2) is 3.81. The van der Waals surface area contributed by atoms with Crippen LogP contribution < -0.4 is 0 Å². The topological polar surface area (TPSA) is 0 Å². The van der Waals surface area contributed by atoms with Gasteiger partial charge in [-0.3, -0.25) is 0 Å². The lowest BCUT2D eigenvalue weighted by atomic mass is 9.78. The molecule has 0 bridgehead atoms. The van der Waals surface area contributed by atoms with E-state index in [9.17, 15) is 0 Å². The Bertz CT molecular complexity index is 139. The van der Waals surface area contributed by atoms with Crippen molar-refractivity contribution in [2.75, 3.05) is 0 Å². The molecule has 1 aliphatic rings. The van der Waals surface area contributed by atoms with Gasteiger partial charge in [-0.25, -0.2) is 0 Å². The Labute approximate surface area is 77.7 Å². The van der Waals surface area contributed by atoms with Crippen LogP contribution in [0.2, 0.25) is 0 Å². The molecule has 0 saturated heterocycles.